The lowest BCUT2D eigenvalue weighted by atomic mass is 9.92. The number of rotatable bonds is 10. The van der Waals surface area contributed by atoms with Crippen LogP contribution in [0.4, 0.5) is 13.2 Å². The van der Waals surface area contributed by atoms with Gasteiger partial charge >= 0.3 is 12.1 Å². The average molecular weight is 571 g/mol. The molecular weight excluding hydrogens is 533 g/mol. The lowest BCUT2D eigenvalue weighted by molar-refractivity contribution is -0.258. The average Bonchev–Trinajstić information content (AvgIpc) is 2.93. The highest BCUT2D eigenvalue weighted by molar-refractivity contribution is 5.70. The minimum absolute atomic E-state index is 0.0372. The number of nitrogens with two attached hydrogens (primary N) is 1. The standard InChI is InChI=1S/C31H37F3N4O3/c1-22-17-24(3-8-28(22)25-4-6-26(7-5-25)30(2,40)31(32,33)34)20-38-15-14-37(19-23-9-12-36-13-10-23)21-27(38)18-29(39)41-16-11-35/h3-10,12-13,17,27,40H,11,14-16,18-21,35H2,1-2H3. The van der Waals surface area contributed by atoms with Crippen molar-refractivity contribution in [2.45, 2.75) is 51.2 Å². The van der Waals surface area contributed by atoms with Crippen molar-refractivity contribution in [3.63, 3.8) is 0 Å². The van der Waals surface area contributed by atoms with Crippen LogP contribution in [0.5, 0.6) is 0 Å². The molecule has 3 aromatic rings. The second-order valence-electron chi connectivity index (χ2n) is 10.7. The van der Waals surface area contributed by atoms with Crippen LogP contribution in [-0.4, -0.2) is 70.9 Å². The summed E-state index contributed by atoms with van der Waals surface area (Å²) < 4.78 is 45.0. The molecule has 7 nitrogen and oxygen atoms in total. The van der Waals surface area contributed by atoms with Crippen LogP contribution in [0.25, 0.3) is 11.1 Å². The van der Waals surface area contributed by atoms with E-state index >= 15 is 0 Å². The van der Waals surface area contributed by atoms with E-state index < -0.39 is 11.8 Å². The molecule has 2 heterocycles. The highest BCUT2D eigenvalue weighted by Crippen LogP contribution is 2.39. The van der Waals surface area contributed by atoms with Crippen molar-refractivity contribution in [2.24, 2.45) is 5.73 Å². The molecule has 1 aliphatic heterocycles. The number of ether oxygens (including phenoxy) is 1. The van der Waals surface area contributed by atoms with Crippen LogP contribution in [0, 0.1) is 6.92 Å². The third-order valence-electron chi connectivity index (χ3n) is 7.61. The monoisotopic (exact) mass is 570 g/mol. The number of carbonyl (C=O) groups is 1. The first-order valence-electron chi connectivity index (χ1n) is 13.7. The Hall–Kier alpha value is -3.31. The number of aromatic nitrogens is 1. The first kappa shape index (κ1) is 30.6. The summed E-state index contributed by atoms with van der Waals surface area (Å²) in [6, 6.07) is 15.8. The molecule has 0 saturated carbocycles. The van der Waals surface area contributed by atoms with Gasteiger partial charge in [-0.05, 0) is 59.4 Å². The summed E-state index contributed by atoms with van der Waals surface area (Å²) in [6.45, 7) is 6.96. The third kappa shape index (κ3) is 7.71. The fourth-order valence-corrected chi connectivity index (χ4v) is 5.19. The fraction of sp³-hybridized carbons (Fsp3) is 0.419. The van der Waals surface area contributed by atoms with E-state index in [-0.39, 0.29) is 37.1 Å². The van der Waals surface area contributed by atoms with Gasteiger partial charge in [-0.2, -0.15) is 13.2 Å². The number of benzene rings is 2. The van der Waals surface area contributed by atoms with Crippen molar-refractivity contribution < 1.29 is 27.8 Å². The van der Waals surface area contributed by atoms with Crippen LogP contribution in [-0.2, 0) is 28.2 Å². The quantitative estimate of drug-likeness (QED) is 0.349. The van der Waals surface area contributed by atoms with Crippen LogP contribution in [0.1, 0.15) is 35.6 Å². The van der Waals surface area contributed by atoms with E-state index in [1.54, 1.807) is 24.5 Å². The molecule has 0 aliphatic carbocycles. The summed E-state index contributed by atoms with van der Waals surface area (Å²) in [4.78, 5) is 21.2. The van der Waals surface area contributed by atoms with E-state index in [1.807, 2.05) is 31.2 Å². The summed E-state index contributed by atoms with van der Waals surface area (Å²) in [7, 11) is 0. The summed E-state index contributed by atoms with van der Waals surface area (Å²) >= 11 is 0. The predicted octanol–water partition coefficient (Wildman–Crippen LogP) is 4.41. The molecule has 0 amide bonds. The molecule has 2 aromatic carbocycles. The number of halogens is 3. The van der Waals surface area contributed by atoms with Gasteiger partial charge in [0.25, 0.3) is 0 Å². The zero-order valence-electron chi connectivity index (χ0n) is 23.4. The van der Waals surface area contributed by atoms with E-state index in [0.29, 0.717) is 13.1 Å². The Morgan fingerprint density at radius 3 is 2.39 bits per heavy atom. The molecule has 0 radical (unpaired) electrons. The number of esters is 1. The van der Waals surface area contributed by atoms with Gasteiger partial charge in [-0.15, -0.1) is 0 Å². The van der Waals surface area contributed by atoms with Crippen LogP contribution in [0.15, 0.2) is 67.0 Å². The predicted molar refractivity (Wildman–Crippen MR) is 151 cm³/mol. The zero-order valence-corrected chi connectivity index (χ0v) is 23.4. The SMILES string of the molecule is Cc1cc(CN2CCN(Cc3ccncc3)CC2CC(=O)OCCN)ccc1-c1ccc(C(C)(O)C(F)(F)F)cc1. The fourth-order valence-electron chi connectivity index (χ4n) is 5.19. The molecule has 1 aromatic heterocycles. The van der Waals surface area contributed by atoms with E-state index in [4.69, 9.17) is 10.5 Å². The number of carbonyl (C=O) groups excluding carboxylic acids is 1. The number of hydrogen-bond acceptors (Lipinski definition) is 7. The lowest BCUT2D eigenvalue weighted by Gasteiger charge is -2.41. The molecule has 0 spiro atoms. The van der Waals surface area contributed by atoms with Crippen molar-refractivity contribution >= 4 is 5.97 Å². The van der Waals surface area contributed by atoms with Gasteiger partial charge in [0.05, 0.1) is 6.42 Å². The number of alkyl halides is 3. The van der Waals surface area contributed by atoms with Crippen molar-refractivity contribution in [2.75, 3.05) is 32.8 Å². The second-order valence-corrected chi connectivity index (χ2v) is 10.7. The number of piperazine rings is 1. The molecule has 2 unspecified atom stereocenters. The molecule has 2 atom stereocenters. The summed E-state index contributed by atoms with van der Waals surface area (Å²) in [5, 5.41) is 9.97. The summed E-state index contributed by atoms with van der Waals surface area (Å²) in [5.74, 6) is -0.268. The van der Waals surface area contributed by atoms with Gasteiger partial charge in [-0.1, -0.05) is 42.5 Å². The molecule has 10 heteroatoms. The first-order valence-corrected chi connectivity index (χ1v) is 13.7. The number of aryl methyl sites for hydroxylation is 1. The molecule has 0 bridgehead atoms. The maximum absolute atomic E-state index is 13.2. The van der Waals surface area contributed by atoms with E-state index in [2.05, 4.69) is 20.9 Å². The van der Waals surface area contributed by atoms with Crippen LogP contribution in [0.2, 0.25) is 0 Å². The van der Waals surface area contributed by atoms with Gasteiger partial charge in [0.15, 0.2) is 5.60 Å². The van der Waals surface area contributed by atoms with Crippen LogP contribution < -0.4 is 5.73 Å². The van der Waals surface area contributed by atoms with Crippen molar-refractivity contribution in [1.82, 2.24) is 14.8 Å². The Balaban J connectivity index is 1.47. The Kier molecular flexibility index (Phi) is 9.80. The van der Waals surface area contributed by atoms with Crippen molar-refractivity contribution in [1.29, 1.82) is 0 Å². The van der Waals surface area contributed by atoms with Gasteiger partial charge in [0, 0.05) is 57.7 Å². The van der Waals surface area contributed by atoms with Crippen molar-refractivity contribution in [3.05, 3.63) is 89.2 Å². The molecular formula is C31H37F3N4O3. The van der Waals surface area contributed by atoms with Gasteiger partial charge < -0.3 is 15.6 Å². The number of hydrogen-bond donors (Lipinski definition) is 2. The van der Waals surface area contributed by atoms with Gasteiger partial charge in [0.1, 0.15) is 6.61 Å². The molecule has 1 saturated heterocycles. The normalized spacial score (nSPS) is 18.2. The maximum atomic E-state index is 13.2. The minimum atomic E-state index is -4.77. The lowest BCUT2D eigenvalue weighted by Crippen LogP contribution is -2.53. The Labute approximate surface area is 238 Å². The number of pyridine rings is 1. The van der Waals surface area contributed by atoms with Gasteiger partial charge in [-0.25, -0.2) is 0 Å². The third-order valence-corrected chi connectivity index (χ3v) is 7.61. The number of nitrogens with zero attached hydrogens (tertiary/aromatic N) is 3. The summed E-state index contributed by atoms with van der Waals surface area (Å²) in [5.41, 5.74) is 7.26. The van der Waals surface area contributed by atoms with E-state index in [0.717, 1.165) is 48.8 Å². The first-order chi connectivity index (χ1) is 19.5. The van der Waals surface area contributed by atoms with Crippen LogP contribution >= 0.6 is 0 Å². The molecule has 4 rings (SSSR count). The molecule has 41 heavy (non-hydrogen) atoms. The molecule has 220 valence electrons. The maximum Gasteiger partial charge on any atom is 0.421 e. The highest BCUT2D eigenvalue weighted by Gasteiger charge is 2.51. The molecule has 3 N–H and O–H groups in total. The Bertz CT molecular complexity index is 1300. The highest BCUT2D eigenvalue weighted by atomic mass is 19.4. The Morgan fingerprint density at radius 1 is 1.05 bits per heavy atom. The van der Waals surface area contributed by atoms with E-state index in [9.17, 15) is 23.1 Å². The summed E-state index contributed by atoms with van der Waals surface area (Å²) in [6.07, 6.45) is -0.951. The minimum Gasteiger partial charge on any atom is -0.464 e. The van der Waals surface area contributed by atoms with Crippen LogP contribution in [0.3, 0.4) is 0 Å². The smallest absolute Gasteiger partial charge is 0.421 e. The molecule has 1 aliphatic rings. The molecule has 1 fully saturated rings. The zero-order chi connectivity index (χ0) is 29.6. The topological polar surface area (TPSA) is 91.9 Å². The number of aliphatic hydroxyl groups is 1. The van der Waals surface area contributed by atoms with Gasteiger partial charge in [0.2, 0.25) is 0 Å². The van der Waals surface area contributed by atoms with Crippen molar-refractivity contribution in [3.8, 4) is 11.1 Å². The van der Waals surface area contributed by atoms with Gasteiger partial charge in [-0.3, -0.25) is 19.6 Å². The Morgan fingerprint density at radius 2 is 1.76 bits per heavy atom. The second kappa shape index (κ2) is 13.1. The van der Waals surface area contributed by atoms with E-state index in [1.165, 1.54) is 17.7 Å². The largest absolute Gasteiger partial charge is 0.464 e.